The van der Waals surface area contributed by atoms with Crippen molar-refractivity contribution in [3.05, 3.63) is 48.0 Å². The van der Waals surface area contributed by atoms with Gasteiger partial charge in [-0.25, -0.2) is 0 Å². The van der Waals surface area contributed by atoms with Crippen LogP contribution in [0.25, 0.3) is 0 Å². The summed E-state index contributed by atoms with van der Waals surface area (Å²) in [5, 5.41) is 4.44. The van der Waals surface area contributed by atoms with Crippen molar-refractivity contribution in [3.8, 4) is 11.5 Å². The van der Waals surface area contributed by atoms with Gasteiger partial charge in [-0.15, -0.1) is 0 Å². The lowest BCUT2D eigenvalue weighted by Crippen LogP contribution is -2.29. The first-order valence-corrected chi connectivity index (χ1v) is 7.26. The van der Waals surface area contributed by atoms with Crippen LogP contribution in [-0.4, -0.2) is 26.0 Å². The standard InChI is InChI=1S/C17H15F3N2O4/c1-25-12-6-7-13(14(9-12)26-2)22-16(24)15(23)21-11-5-3-4-10(8-11)17(18,19)20/h3-9H,1-2H3,(H,21,23)(H,22,24). The van der Waals surface area contributed by atoms with E-state index in [0.29, 0.717) is 5.75 Å². The van der Waals surface area contributed by atoms with E-state index in [9.17, 15) is 22.8 Å². The Kier molecular flexibility index (Phi) is 5.71. The van der Waals surface area contributed by atoms with Crippen molar-refractivity contribution in [2.45, 2.75) is 6.18 Å². The molecule has 0 spiro atoms. The molecule has 9 heteroatoms. The number of methoxy groups -OCH3 is 2. The van der Waals surface area contributed by atoms with Crippen molar-refractivity contribution < 1.29 is 32.2 Å². The number of nitrogens with one attached hydrogen (secondary N) is 2. The quantitative estimate of drug-likeness (QED) is 0.812. The summed E-state index contributed by atoms with van der Waals surface area (Å²) in [5.41, 5.74) is -0.883. The van der Waals surface area contributed by atoms with Gasteiger partial charge in [0.1, 0.15) is 11.5 Å². The van der Waals surface area contributed by atoms with Gasteiger partial charge in [0.2, 0.25) is 0 Å². The Morgan fingerprint density at radius 2 is 1.62 bits per heavy atom. The van der Waals surface area contributed by atoms with E-state index >= 15 is 0 Å². The van der Waals surface area contributed by atoms with Crippen molar-refractivity contribution in [1.82, 2.24) is 0 Å². The smallest absolute Gasteiger partial charge is 0.416 e. The van der Waals surface area contributed by atoms with E-state index in [4.69, 9.17) is 9.47 Å². The molecule has 0 saturated carbocycles. The zero-order chi connectivity index (χ0) is 19.3. The van der Waals surface area contributed by atoms with Gasteiger partial charge >= 0.3 is 18.0 Å². The first-order chi connectivity index (χ1) is 12.2. The summed E-state index contributed by atoms with van der Waals surface area (Å²) in [6.45, 7) is 0. The summed E-state index contributed by atoms with van der Waals surface area (Å²) in [7, 11) is 2.82. The molecule has 6 nitrogen and oxygen atoms in total. The van der Waals surface area contributed by atoms with Gasteiger partial charge in [0.25, 0.3) is 0 Å². The molecule has 0 bridgehead atoms. The van der Waals surface area contributed by atoms with E-state index in [1.54, 1.807) is 6.07 Å². The molecule has 0 saturated heterocycles. The Bertz CT molecular complexity index is 822. The number of anilines is 2. The minimum Gasteiger partial charge on any atom is -0.497 e. The number of halogens is 3. The van der Waals surface area contributed by atoms with Crippen LogP contribution in [0.2, 0.25) is 0 Å². The molecule has 2 aromatic rings. The Morgan fingerprint density at radius 3 is 2.23 bits per heavy atom. The average Bonchev–Trinajstić information content (AvgIpc) is 2.61. The molecular formula is C17H15F3N2O4. The third-order valence-electron chi connectivity index (χ3n) is 3.31. The molecule has 0 aliphatic carbocycles. The maximum atomic E-state index is 12.7. The highest BCUT2D eigenvalue weighted by atomic mass is 19.4. The van der Waals surface area contributed by atoms with E-state index in [1.807, 2.05) is 0 Å². The third kappa shape index (κ3) is 4.65. The summed E-state index contributed by atoms with van der Waals surface area (Å²) < 4.78 is 48.1. The monoisotopic (exact) mass is 368 g/mol. The van der Waals surface area contributed by atoms with Crippen LogP contribution in [-0.2, 0) is 15.8 Å². The lowest BCUT2D eigenvalue weighted by molar-refractivity contribution is -0.137. The lowest BCUT2D eigenvalue weighted by atomic mass is 10.2. The molecule has 0 aromatic heterocycles. The molecule has 26 heavy (non-hydrogen) atoms. The van der Waals surface area contributed by atoms with E-state index in [0.717, 1.165) is 18.2 Å². The van der Waals surface area contributed by atoms with Gasteiger partial charge in [0.15, 0.2) is 0 Å². The van der Waals surface area contributed by atoms with E-state index < -0.39 is 23.6 Å². The van der Waals surface area contributed by atoms with Crippen molar-refractivity contribution in [3.63, 3.8) is 0 Å². The third-order valence-corrected chi connectivity index (χ3v) is 3.31. The van der Waals surface area contributed by atoms with Gasteiger partial charge in [-0.05, 0) is 30.3 Å². The lowest BCUT2D eigenvalue weighted by Gasteiger charge is -2.12. The van der Waals surface area contributed by atoms with Crippen LogP contribution in [0.5, 0.6) is 11.5 Å². The first kappa shape index (κ1) is 19.1. The largest absolute Gasteiger partial charge is 0.497 e. The van der Waals surface area contributed by atoms with Crippen LogP contribution in [0.15, 0.2) is 42.5 Å². The first-order valence-electron chi connectivity index (χ1n) is 7.26. The topological polar surface area (TPSA) is 76.7 Å². The molecule has 0 aliphatic heterocycles. The molecule has 0 fully saturated rings. The number of amides is 2. The second kappa shape index (κ2) is 7.77. The summed E-state index contributed by atoms with van der Waals surface area (Å²) in [6.07, 6.45) is -4.56. The summed E-state index contributed by atoms with van der Waals surface area (Å²) in [6, 6.07) is 8.48. The minimum atomic E-state index is -4.56. The van der Waals surface area contributed by atoms with E-state index in [-0.39, 0.29) is 17.1 Å². The summed E-state index contributed by atoms with van der Waals surface area (Å²) in [5.74, 6) is -1.45. The Balaban J connectivity index is 2.10. The number of hydrogen-bond acceptors (Lipinski definition) is 4. The highest BCUT2D eigenvalue weighted by Crippen LogP contribution is 2.31. The summed E-state index contributed by atoms with van der Waals surface area (Å²) in [4.78, 5) is 23.9. The predicted molar refractivity (Wildman–Crippen MR) is 88.2 cm³/mol. The molecule has 0 radical (unpaired) electrons. The second-order valence-corrected chi connectivity index (χ2v) is 5.05. The normalized spacial score (nSPS) is 10.8. The van der Waals surface area contributed by atoms with Crippen molar-refractivity contribution in [2.24, 2.45) is 0 Å². The minimum absolute atomic E-state index is 0.151. The predicted octanol–water partition coefficient (Wildman–Crippen LogP) is 3.30. The fourth-order valence-corrected chi connectivity index (χ4v) is 2.04. The Morgan fingerprint density at radius 1 is 0.923 bits per heavy atom. The fourth-order valence-electron chi connectivity index (χ4n) is 2.04. The molecule has 0 aliphatic rings. The van der Waals surface area contributed by atoms with Crippen LogP contribution < -0.4 is 20.1 Å². The highest BCUT2D eigenvalue weighted by molar-refractivity contribution is 6.43. The van der Waals surface area contributed by atoms with E-state index in [1.165, 1.54) is 32.4 Å². The molecule has 0 heterocycles. The molecule has 2 rings (SSSR count). The molecule has 2 N–H and O–H groups in total. The van der Waals surface area contributed by atoms with Crippen LogP contribution in [0.1, 0.15) is 5.56 Å². The molecule has 2 amide bonds. The van der Waals surface area contributed by atoms with Crippen molar-refractivity contribution in [1.29, 1.82) is 0 Å². The Labute approximate surface area is 146 Å². The van der Waals surface area contributed by atoms with Gasteiger partial charge in [-0.2, -0.15) is 13.2 Å². The van der Waals surface area contributed by atoms with Gasteiger partial charge in [0.05, 0.1) is 25.5 Å². The fraction of sp³-hybridized carbons (Fsp3) is 0.176. The molecule has 2 aromatic carbocycles. The number of hydrogen-bond donors (Lipinski definition) is 2. The van der Waals surface area contributed by atoms with Gasteiger partial charge < -0.3 is 20.1 Å². The molecule has 0 unspecified atom stereocenters. The van der Waals surface area contributed by atoms with Crippen molar-refractivity contribution in [2.75, 3.05) is 24.9 Å². The maximum Gasteiger partial charge on any atom is 0.416 e. The molecule has 138 valence electrons. The van der Waals surface area contributed by atoms with E-state index in [2.05, 4.69) is 10.6 Å². The van der Waals surface area contributed by atoms with Crippen LogP contribution in [0, 0.1) is 0 Å². The number of alkyl halides is 3. The SMILES string of the molecule is COc1ccc(NC(=O)C(=O)Nc2cccc(C(F)(F)F)c2)c(OC)c1. The zero-order valence-electron chi connectivity index (χ0n) is 13.8. The molecule has 0 atom stereocenters. The number of ether oxygens (including phenoxy) is 2. The van der Waals surface area contributed by atoms with Gasteiger partial charge in [-0.3, -0.25) is 9.59 Å². The zero-order valence-corrected chi connectivity index (χ0v) is 13.8. The van der Waals surface area contributed by atoms with Gasteiger partial charge in [0, 0.05) is 11.8 Å². The van der Waals surface area contributed by atoms with Crippen LogP contribution in [0.3, 0.4) is 0 Å². The molecular weight excluding hydrogens is 353 g/mol. The number of rotatable bonds is 4. The van der Waals surface area contributed by atoms with Crippen LogP contribution >= 0.6 is 0 Å². The number of carbonyl (C=O) groups excluding carboxylic acids is 2. The second-order valence-electron chi connectivity index (χ2n) is 5.05. The van der Waals surface area contributed by atoms with Crippen LogP contribution in [0.4, 0.5) is 24.5 Å². The highest BCUT2D eigenvalue weighted by Gasteiger charge is 2.30. The average molecular weight is 368 g/mol. The van der Waals surface area contributed by atoms with Crippen molar-refractivity contribution >= 4 is 23.2 Å². The number of benzene rings is 2. The van der Waals surface area contributed by atoms with Gasteiger partial charge in [-0.1, -0.05) is 6.07 Å². The summed E-state index contributed by atoms with van der Waals surface area (Å²) >= 11 is 0. The number of carbonyl (C=O) groups is 2. The maximum absolute atomic E-state index is 12.7. The Hall–Kier alpha value is -3.23.